The number of amides is 1. The Morgan fingerprint density at radius 2 is 2.10 bits per heavy atom. The number of nitrogen functional groups attached to an aromatic ring is 1. The summed E-state index contributed by atoms with van der Waals surface area (Å²) in [5, 5.41) is 9.28. The molecule has 0 aliphatic carbocycles. The van der Waals surface area contributed by atoms with Gasteiger partial charge in [-0.05, 0) is 57.6 Å². The number of aryl methyl sites for hydroxylation is 1. The van der Waals surface area contributed by atoms with Crippen molar-refractivity contribution in [2.75, 3.05) is 39.0 Å². The van der Waals surface area contributed by atoms with E-state index in [4.69, 9.17) is 5.73 Å². The number of anilines is 1. The Balaban J connectivity index is 2.16. The zero-order chi connectivity index (χ0) is 15.4. The molecular formula is C16H25N3O2. The van der Waals surface area contributed by atoms with Gasteiger partial charge in [0.2, 0.25) is 0 Å². The number of nitrogens with zero attached hydrogens (tertiary/aromatic N) is 2. The van der Waals surface area contributed by atoms with Crippen LogP contribution in [0.25, 0.3) is 0 Å². The molecule has 5 heteroatoms. The van der Waals surface area contributed by atoms with Gasteiger partial charge in [-0.3, -0.25) is 4.79 Å². The molecule has 0 radical (unpaired) electrons. The molecule has 1 amide bonds. The number of carbonyl (C=O) groups excluding carboxylic acids is 1. The fourth-order valence-electron chi connectivity index (χ4n) is 2.80. The number of hydrogen-bond acceptors (Lipinski definition) is 4. The molecule has 1 aliphatic heterocycles. The first-order valence-corrected chi connectivity index (χ1v) is 7.49. The van der Waals surface area contributed by atoms with E-state index in [0.29, 0.717) is 17.8 Å². The topological polar surface area (TPSA) is 69.8 Å². The maximum absolute atomic E-state index is 12.7. The number of aliphatic hydroxyl groups is 1. The van der Waals surface area contributed by atoms with Crippen molar-refractivity contribution < 1.29 is 9.90 Å². The minimum atomic E-state index is -0.0368. The summed E-state index contributed by atoms with van der Waals surface area (Å²) in [7, 11) is 2.09. The van der Waals surface area contributed by atoms with Crippen molar-refractivity contribution in [3.05, 3.63) is 29.3 Å². The Hall–Kier alpha value is -1.59. The van der Waals surface area contributed by atoms with Crippen molar-refractivity contribution >= 4 is 11.6 Å². The molecule has 1 aromatic rings. The van der Waals surface area contributed by atoms with E-state index in [1.165, 1.54) is 0 Å². The zero-order valence-electron chi connectivity index (χ0n) is 12.9. The second-order valence-electron chi connectivity index (χ2n) is 5.83. The lowest BCUT2D eigenvalue weighted by molar-refractivity contribution is 0.0540. The average Bonchev–Trinajstić information content (AvgIpc) is 2.48. The number of aliphatic hydroxyl groups excluding tert-OH is 1. The number of piperidine rings is 1. The Kier molecular flexibility index (Phi) is 5.20. The third kappa shape index (κ3) is 3.74. The first-order valence-electron chi connectivity index (χ1n) is 7.49. The molecule has 1 aliphatic rings. The largest absolute Gasteiger partial charge is 0.398 e. The van der Waals surface area contributed by atoms with Crippen LogP contribution < -0.4 is 5.73 Å². The molecular weight excluding hydrogens is 266 g/mol. The number of likely N-dealkylation sites (tertiary alicyclic amines) is 1. The monoisotopic (exact) mass is 291 g/mol. The third-order valence-corrected chi connectivity index (χ3v) is 4.26. The van der Waals surface area contributed by atoms with Crippen LogP contribution in [-0.2, 0) is 0 Å². The van der Waals surface area contributed by atoms with Gasteiger partial charge < -0.3 is 20.6 Å². The summed E-state index contributed by atoms with van der Waals surface area (Å²) in [5.41, 5.74) is 8.11. The predicted molar refractivity (Wildman–Crippen MR) is 84.2 cm³/mol. The lowest BCUT2D eigenvalue weighted by Gasteiger charge is -2.37. The van der Waals surface area contributed by atoms with E-state index in [0.717, 1.165) is 31.5 Å². The highest BCUT2D eigenvalue weighted by molar-refractivity contribution is 5.95. The number of carbonyl (C=O) groups is 1. The molecule has 5 nitrogen and oxygen atoms in total. The van der Waals surface area contributed by atoms with E-state index in [1.807, 2.05) is 19.1 Å². The van der Waals surface area contributed by atoms with Crippen LogP contribution in [-0.4, -0.2) is 60.1 Å². The van der Waals surface area contributed by atoms with Gasteiger partial charge in [0.25, 0.3) is 5.91 Å². The van der Waals surface area contributed by atoms with Crippen molar-refractivity contribution in [3.8, 4) is 0 Å². The summed E-state index contributed by atoms with van der Waals surface area (Å²) in [4.78, 5) is 16.8. The quantitative estimate of drug-likeness (QED) is 0.815. The maximum Gasteiger partial charge on any atom is 0.254 e. The van der Waals surface area contributed by atoms with Gasteiger partial charge in [-0.1, -0.05) is 6.07 Å². The van der Waals surface area contributed by atoms with Gasteiger partial charge in [-0.15, -0.1) is 0 Å². The minimum Gasteiger partial charge on any atom is -0.398 e. The van der Waals surface area contributed by atoms with Gasteiger partial charge in [-0.25, -0.2) is 0 Å². The molecule has 1 fully saturated rings. The fraction of sp³-hybridized carbons (Fsp3) is 0.562. The standard InChI is InChI=1S/C16H25N3O2/c1-12-3-4-13(11-15(12)17)16(21)19(9-10-20)14-5-7-18(2)8-6-14/h3-4,11,14,20H,5-10,17H2,1-2H3. The molecule has 1 aromatic carbocycles. The second-order valence-corrected chi connectivity index (χ2v) is 5.83. The molecule has 0 spiro atoms. The fourth-order valence-corrected chi connectivity index (χ4v) is 2.80. The van der Waals surface area contributed by atoms with Crippen LogP contribution in [0.15, 0.2) is 18.2 Å². The summed E-state index contributed by atoms with van der Waals surface area (Å²) in [5.74, 6) is -0.0368. The molecule has 116 valence electrons. The van der Waals surface area contributed by atoms with E-state index < -0.39 is 0 Å². The van der Waals surface area contributed by atoms with E-state index in [9.17, 15) is 9.90 Å². The highest BCUT2D eigenvalue weighted by Gasteiger charge is 2.27. The molecule has 2 rings (SSSR count). The number of rotatable bonds is 4. The Morgan fingerprint density at radius 3 is 2.67 bits per heavy atom. The normalized spacial score (nSPS) is 16.9. The summed E-state index contributed by atoms with van der Waals surface area (Å²) in [6.07, 6.45) is 1.90. The van der Waals surface area contributed by atoms with Crippen molar-refractivity contribution in [2.24, 2.45) is 0 Å². The predicted octanol–water partition coefficient (Wildman–Crippen LogP) is 1.11. The van der Waals surface area contributed by atoms with Gasteiger partial charge in [0.15, 0.2) is 0 Å². The Labute approximate surface area is 126 Å². The Morgan fingerprint density at radius 1 is 1.43 bits per heavy atom. The second kappa shape index (κ2) is 6.91. The lowest BCUT2D eigenvalue weighted by Crippen LogP contribution is -2.47. The SMILES string of the molecule is Cc1ccc(C(=O)N(CCO)C2CCN(C)CC2)cc1N. The van der Waals surface area contributed by atoms with E-state index >= 15 is 0 Å². The van der Waals surface area contributed by atoms with Crippen molar-refractivity contribution in [1.82, 2.24) is 9.80 Å². The molecule has 1 heterocycles. The average molecular weight is 291 g/mol. The molecule has 0 bridgehead atoms. The number of hydrogen-bond donors (Lipinski definition) is 2. The van der Waals surface area contributed by atoms with Crippen LogP contribution in [0.1, 0.15) is 28.8 Å². The molecule has 0 aromatic heterocycles. The first kappa shape index (κ1) is 15.8. The summed E-state index contributed by atoms with van der Waals surface area (Å²) >= 11 is 0. The molecule has 21 heavy (non-hydrogen) atoms. The highest BCUT2D eigenvalue weighted by atomic mass is 16.3. The summed E-state index contributed by atoms with van der Waals surface area (Å²) in [6.45, 7) is 4.25. The van der Waals surface area contributed by atoms with Crippen LogP contribution >= 0.6 is 0 Å². The number of benzene rings is 1. The van der Waals surface area contributed by atoms with Gasteiger partial charge in [-0.2, -0.15) is 0 Å². The van der Waals surface area contributed by atoms with Crippen molar-refractivity contribution in [3.63, 3.8) is 0 Å². The van der Waals surface area contributed by atoms with Crippen LogP contribution in [0.5, 0.6) is 0 Å². The molecule has 3 N–H and O–H groups in total. The molecule has 1 saturated heterocycles. The van der Waals surface area contributed by atoms with Crippen LogP contribution in [0.4, 0.5) is 5.69 Å². The number of nitrogens with two attached hydrogens (primary N) is 1. The minimum absolute atomic E-state index is 0.0145. The van der Waals surface area contributed by atoms with E-state index in [1.54, 1.807) is 11.0 Å². The van der Waals surface area contributed by atoms with Gasteiger partial charge in [0.1, 0.15) is 0 Å². The van der Waals surface area contributed by atoms with Gasteiger partial charge in [0, 0.05) is 23.8 Å². The summed E-state index contributed by atoms with van der Waals surface area (Å²) in [6, 6.07) is 5.61. The van der Waals surface area contributed by atoms with E-state index in [-0.39, 0.29) is 18.6 Å². The zero-order valence-corrected chi connectivity index (χ0v) is 12.9. The van der Waals surface area contributed by atoms with Gasteiger partial charge >= 0.3 is 0 Å². The first-order chi connectivity index (χ1) is 10.0. The van der Waals surface area contributed by atoms with Crippen molar-refractivity contribution in [2.45, 2.75) is 25.8 Å². The molecule has 0 atom stereocenters. The van der Waals surface area contributed by atoms with Crippen LogP contribution in [0, 0.1) is 6.92 Å². The van der Waals surface area contributed by atoms with Gasteiger partial charge in [0.05, 0.1) is 6.61 Å². The van der Waals surface area contributed by atoms with Crippen LogP contribution in [0.3, 0.4) is 0 Å². The smallest absolute Gasteiger partial charge is 0.254 e. The Bertz CT molecular complexity index is 496. The van der Waals surface area contributed by atoms with E-state index in [2.05, 4.69) is 11.9 Å². The van der Waals surface area contributed by atoms with Crippen molar-refractivity contribution in [1.29, 1.82) is 0 Å². The molecule has 0 unspecified atom stereocenters. The summed E-state index contributed by atoms with van der Waals surface area (Å²) < 4.78 is 0. The van der Waals surface area contributed by atoms with Crippen LogP contribution in [0.2, 0.25) is 0 Å². The third-order valence-electron chi connectivity index (χ3n) is 4.26. The lowest BCUT2D eigenvalue weighted by atomic mass is 10.0. The highest BCUT2D eigenvalue weighted by Crippen LogP contribution is 2.20. The molecule has 0 saturated carbocycles. The maximum atomic E-state index is 12.7.